The maximum atomic E-state index is 13.1. The summed E-state index contributed by atoms with van der Waals surface area (Å²) in [5, 5.41) is 17.0. The van der Waals surface area contributed by atoms with Gasteiger partial charge in [0.1, 0.15) is 12.4 Å². The highest BCUT2D eigenvalue weighted by Crippen LogP contribution is 2.21. The summed E-state index contributed by atoms with van der Waals surface area (Å²) in [6, 6.07) is 11.9. The number of aliphatic hydroxyl groups is 1. The SMILES string of the molecule is CC(=O)N1CCC(Nc2cc(C(=O)NC[C@H](O)CN3CCc4ccccc4C3)cc(OCCN(C)C)n2)CC1. The van der Waals surface area contributed by atoms with E-state index in [0.29, 0.717) is 43.5 Å². The lowest BCUT2D eigenvalue weighted by atomic mass is 10.00. The molecule has 0 aliphatic carbocycles. The van der Waals surface area contributed by atoms with Crippen molar-refractivity contribution in [2.45, 2.75) is 44.9 Å². The molecule has 212 valence electrons. The molecule has 1 saturated heterocycles. The van der Waals surface area contributed by atoms with E-state index in [4.69, 9.17) is 4.74 Å². The van der Waals surface area contributed by atoms with Crippen molar-refractivity contribution >= 4 is 17.6 Å². The Bertz CT molecular complexity index is 1120. The van der Waals surface area contributed by atoms with Crippen LogP contribution in [0.25, 0.3) is 0 Å². The lowest BCUT2D eigenvalue weighted by Gasteiger charge is -2.32. The van der Waals surface area contributed by atoms with Gasteiger partial charge in [-0.2, -0.15) is 4.98 Å². The van der Waals surface area contributed by atoms with Gasteiger partial charge in [0.2, 0.25) is 11.8 Å². The molecule has 0 unspecified atom stereocenters. The van der Waals surface area contributed by atoms with Crippen LogP contribution in [-0.2, 0) is 17.8 Å². The minimum Gasteiger partial charge on any atom is -0.476 e. The third-order valence-corrected chi connectivity index (χ3v) is 7.32. The number of β-amino-alcohol motifs (C(OH)–C–C–N with tert-alkyl or cyclic N) is 1. The zero-order valence-electron chi connectivity index (χ0n) is 23.4. The van der Waals surface area contributed by atoms with Crippen LogP contribution in [0.5, 0.6) is 5.88 Å². The number of likely N-dealkylation sites (tertiary alicyclic amines) is 1. The van der Waals surface area contributed by atoms with E-state index in [0.717, 1.165) is 38.9 Å². The topological polar surface area (TPSA) is 110 Å². The molecule has 2 aromatic rings. The standard InChI is InChI=1S/C29H42N6O4/c1-21(36)35-12-9-25(10-13-35)31-27-16-24(17-28(32-27)39-15-14-33(2)3)29(38)30-18-26(37)20-34-11-8-22-6-4-5-7-23(22)19-34/h4-7,16-17,25-26,37H,8-15,18-20H2,1-3H3,(H,30,38)(H,31,32)/t26-/m0/s1. The van der Waals surface area contributed by atoms with Gasteiger partial charge >= 0.3 is 0 Å². The van der Waals surface area contributed by atoms with E-state index in [1.54, 1.807) is 19.1 Å². The smallest absolute Gasteiger partial charge is 0.251 e. The summed E-state index contributed by atoms with van der Waals surface area (Å²) in [6.07, 6.45) is 1.90. The number of pyridine rings is 1. The molecule has 0 radical (unpaired) electrons. The number of rotatable bonds is 11. The van der Waals surface area contributed by atoms with E-state index in [1.165, 1.54) is 11.1 Å². The van der Waals surface area contributed by atoms with Crippen LogP contribution in [0.3, 0.4) is 0 Å². The molecule has 2 aliphatic heterocycles. The maximum Gasteiger partial charge on any atom is 0.251 e. The number of fused-ring (bicyclic) bond motifs is 1. The summed E-state index contributed by atoms with van der Waals surface area (Å²) in [5.74, 6) is 0.749. The average Bonchev–Trinajstić information content (AvgIpc) is 2.91. The van der Waals surface area contributed by atoms with Crippen molar-refractivity contribution in [1.29, 1.82) is 0 Å². The Morgan fingerprint density at radius 3 is 2.62 bits per heavy atom. The number of hydrogen-bond acceptors (Lipinski definition) is 8. The van der Waals surface area contributed by atoms with Gasteiger partial charge in [0, 0.05) is 70.4 Å². The summed E-state index contributed by atoms with van der Waals surface area (Å²) in [4.78, 5) is 35.4. The molecule has 2 aliphatic rings. The normalized spacial score (nSPS) is 17.0. The number of aliphatic hydroxyl groups excluding tert-OH is 1. The highest BCUT2D eigenvalue weighted by molar-refractivity contribution is 5.95. The zero-order chi connectivity index (χ0) is 27.8. The highest BCUT2D eigenvalue weighted by atomic mass is 16.5. The highest BCUT2D eigenvalue weighted by Gasteiger charge is 2.22. The van der Waals surface area contributed by atoms with Gasteiger partial charge in [-0.3, -0.25) is 14.5 Å². The Hall–Kier alpha value is -3.21. The summed E-state index contributed by atoms with van der Waals surface area (Å²) in [5.41, 5.74) is 3.09. The van der Waals surface area contributed by atoms with Gasteiger partial charge in [0.15, 0.2) is 0 Å². The second-order valence-corrected chi connectivity index (χ2v) is 10.8. The van der Waals surface area contributed by atoms with Crippen molar-refractivity contribution in [3.8, 4) is 5.88 Å². The average molecular weight is 539 g/mol. The number of ether oxygens (including phenoxy) is 1. The number of anilines is 1. The lowest BCUT2D eigenvalue weighted by Crippen LogP contribution is -2.42. The minimum absolute atomic E-state index is 0.0918. The number of benzene rings is 1. The molecular formula is C29H42N6O4. The molecule has 3 heterocycles. The molecule has 0 spiro atoms. The van der Waals surface area contributed by atoms with Gasteiger partial charge in [-0.1, -0.05) is 24.3 Å². The third kappa shape index (κ3) is 8.64. The van der Waals surface area contributed by atoms with Gasteiger partial charge in [0.05, 0.1) is 6.10 Å². The summed E-state index contributed by atoms with van der Waals surface area (Å²) >= 11 is 0. The van der Waals surface area contributed by atoms with E-state index >= 15 is 0 Å². The quantitative estimate of drug-likeness (QED) is 0.396. The molecule has 1 aromatic heterocycles. The van der Waals surface area contributed by atoms with Crippen molar-refractivity contribution in [2.75, 3.05) is 65.3 Å². The molecule has 10 heteroatoms. The number of aromatic nitrogens is 1. The van der Waals surface area contributed by atoms with Crippen LogP contribution >= 0.6 is 0 Å². The molecule has 4 rings (SSSR count). The fourth-order valence-electron chi connectivity index (χ4n) is 5.05. The van der Waals surface area contributed by atoms with Crippen molar-refractivity contribution in [1.82, 2.24) is 25.0 Å². The van der Waals surface area contributed by atoms with E-state index in [1.807, 2.05) is 30.0 Å². The first-order valence-electron chi connectivity index (χ1n) is 13.8. The Labute approximate surface area is 231 Å². The van der Waals surface area contributed by atoms with Crippen LogP contribution in [0.4, 0.5) is 5.82 Å². The number of piperidine rings is 1. The van der Waals surface area contributed by atoms with Crippen LogP contribution < -0.4 is 15.4 Å². The molecule has 10 nitrogen and oxygen atoms in total. The summed E-state index contributed by atoms with van der Waals surface area (Å²) in [6.45, 7) is 6.49. The fourth-order valence-corrected chi connectivity index (χ4v) is 5.05. The van der Waals surface area contributed by atoms with Gasteiger partial charge in [-0.05, 0) is 50.6 Å². The Morgan fingerprint density at radius 2 is 1.90 bits per heavy atom. The van der Waals surface area contributed by atoms with E-state index < -0.39 is 6.10 Å². The first kappa shape index (κ1) is 28.8. The number of likely N-dealkylation sites (N-methyl/N-ethyl adjacent to an activating group) is 1. The zero-order valence-corrected chi connectivity index (χ0v) is 23.4. The lowest BCUT2D eigenvalue weighted by molar-refractivity contribution is -0.129. The molecule has 1 aromatic carbocycles. The van der Waals surface area contributed by atoms with E-state index in [-0.39, 0.29) is 24.4 Å². The van der Waals surface area contributed by atoms with Crippen LogP contribution in [0.1, 0.15) is 41.3 Å². The van der Waals surface area contributed by atoms with Crippen LogP contribution in [0.2, 0.25) is 0 Å². The molecule has 0 bridgehead atoms. The number of nitrogens with one attached hydrogen (secondary N) is 2. The second kappa shape index (κ2) is 13.7. The molecule has 0 saturated carbocycles. The Kier molecular flexibility index (Phi) is 10.1. The number of carbonyl (C=O) groups excluding carboxylic acids is 2. The third-order valence-electron chi connectivity index (χ3n) is 7.32. The summed E-state index contributed by atoms with van der Waals surface area (Å²) in [7, 11) is 3.93. The second-order valence-electron chi connectivity index (χ2n) is 10.8. The van der Waals surface area contributed by atoms with Crippen LogP contribution in [0, 0.1) is 0 Å². The monoisotopic (exact) mass is 538 g/mol. The molecule has 3 N–H and O–H groups in total. The molecular weight excluding hydrogens is 496 g/mol. The number of hydrogen-bond donors (Lipinski definition) is 3. The van der Waals surface area contributed by atoms with E-state index in [9.17, 15) is 14.7 Å². The van der Waals surface area contributed by atoms with Crippen LogP contribution in [-0.4, -0.2) is 109 Å². The molecule has 1 atom stereocenters. The van der Waals surface area contributed by atoms with Gasteiger partial charge in [-0.25, -0.2) is 0 Å². The van der Waals surface area contributed by atoms with Crippen molar-refractivity contribution in [3.63, 3.8) is 0 Å². The number of carbonyl (C=O) groups is 2. The first-order chi connectivity index (χ1) is 18.8. The molecule has 2 amide bonds. The molecule has 1 fully saturated rings. The summed E-state index contributed by atoms with van der Waals surface area (Å²) < 4.78 is 5.86. The maximum absolute atomic E-state index is 13.1. The predicted octanol–water partition coefficient (Wildman–Crippen LogP) is 1.59. The van der Waals surface area contributed by atoms with Crippen molar-refractivity contribution in [3.05, 3.63) is 53.1 Å². The van der Waals surface area contributed by atoms with E-state index in [2.05, 4.69) is 38.7 Å². The number of amides is 2. The minimum atomic E-state index is -0.680. The fraction of sp³-hybridized carbons (Fsp3) is 0.552. The Balaban J connectivity index is 1.34. The van der Waals surface area contributed by atoms with Crippen LogP contribution in [0.15, 0.2) is 36.4 Å². The van der Waals surface area contributed by atoms with Crippen molar-refractivity contribution in [2.24, 2.45) is 0 Å². The van der Waals surface area contributed by atoms with Gasteiger partial charge < -0.3 is 30.3 Å². The number of nitrogens with zero attached hydrogens (tertiary/aromatic N) is 4. The van der Waals surface area contributed by atoms with Gasteiger partial charge in [-0.15, -0.1) is 0 Å². The van der Waals surface area contributed by atoms with Gasteiger partial charge in [0.25, 0.3) is 5.91 Å². The largest absolute Gasteiger partial charge is 0.476 e. The predicted molar refractivity (Wildman–Crippen MR) is 151 cm³/mol. The first-order valence-corrected chi connectivity index (χ1v) is 13.8. The van der Waals surface area contributed by atoms with Crippen molar-refractivity contribution < 1.29 is 19.4 Å². The molecule has 39 heavy (non-hydrogen) atoms. The Morgan fingerprint density at radius 1 is 1.15 bits per heavy atom.